The Hall–Kier alpha value is -0.0400. The van der Waals surface area contributed by atoms with Crippen molar-refractivity contribution in [1.29, 1.82) is 0 Å². The van der Waals surface area contributed by atoms with Crippen molar-refractivity contribution >= 4 is 0 Å². The number of nitrogens with zero attached hydrogens (tertiary/aromatic N) is 1. The standard InChI is InChI=1S/C12H25N/c1-5-10(6-2)11-7-8-12(9-11)13(3)4/h10-12H,5-9H2,1-4H3. The lowest BCUT2D eigenvalue weighted by Crippen LogP contribution is -2.25. The Labute approximate surface area is 83.5 Å². The molecular weight excluding hydrogens is 158 g/mol. The fraction of sp³-hybridized carbons (Fsp3) is 1.00. The van der Waals surface area contributed by atoms with Crippen LogP contribution < -0.4 is 0 Å². The third-order valence-electron chi connectivity index (χ3n) is 3.89. The lowest BCUT2D eigenvalue weighted by molar-refractivity contribution is 0.263. The summed E-state index contributed by atoms with van der Waals surface area (Å²) in [5.41, 5.74) is 0. The van der Waals surface area contributed by atoms with Gasteiger partial charge < -0.3 is 4.90 Å². The molecule has 0 radical (unpaired) electrons. The highest BCUT2D eigenvalue weighted by molar-refractivity contribution is 4.83. The second kappa shape index (κ2) is 4.99. The van der Waals surface area contributed by atoms with Crippen LogP contribution in [0.1, 0.15) is 46.0 Å². The van der Waals surface area contributed by atoms with Crippen LogP contribution in [0.15, 0.2) is 0 Å². The van der Waals surface area contributed by atoms with Crippen LogP contribution in [0.3, 0.4) is 0 Å². The highest BCUT2D eigenvalue weighted by Gasteiger charge is 2.29. The molecule has 1 fully saturated rings. The maximum Gasteiger partial charge on any atom is 0.00920 e. The zero-order valence-corrected chi connectivity index (χ0v) is 9.71. The largest absolute Gasteiger partial charge is 0.306 e. The zero-order valence-electron chi connectivity index (χ0n) is 9.71. The van der Waals surface area contributed by atoms with Gasteiger partial charge in [-0.25, -0.2) is 0 Å². The highest BCUT2D eigenvalue weighted by atomic mass is 15.1. The molecule has 78 valence electrons. The molecule has 1 aliphatic carbocycles. The molecule has 2 unspecified atom stereocenters. The molecule has 1 saturated carbocycles. The van der Waals surface area contributed by atoms with E-state index in [-0.39, 0.29) is 0 Å². The van der Waals surface area contributed by atoms with Gasteiger partial charge in [0.1, 0.15) is 0 Å². The van der Waals surface area contributed by atoms with Crippen molar-refractivity contribution in [3.63, 3.8) is 0 Å². The quantitative estimate of drug-likeness (QED) is 0.647. The van der Waals surface area contributed by atoms with Crippen LogP contribution in [-0.4, -0.2) is 25.0 Å². The molecule has 0 N–H and O–H groups in total. The van der Waals surface area contributed by atoms with Gasteiger partial charge in [0.2, 0.25) is 0 Å². The summed E-state index contributed by atoms with van der Waals surface area (Å²) in [5.74, 6) is 2.01. The molecule has 1 aliphatic rings. The van der Waals surface area contributed by atoms with E-state index < -0.39 is 0 Å². The van der Waals surface area contributed by atoms with E-state index in [0.717, 1.165) is 17.9 Å². The molecule has 0 spiro atoms. The lowest BCUT2D eigenvalue weighted by Gasteiger charge is -2.22. The maximum atomic E-state index is 2.41. The molecule has 0 bridgehead atoms. The Morgan fingerprint density at radius 3 is 2.15 bits per heavy atom. The predicted molar refractivity (Wildman–Crippen MR) is 58.9 cm³/mol. The molecule has 0 saturated heterocycles. The summed E-state index contributed by atoms with van der Waals surface area (Å²) in [5, 5.41) is 0. The van der Waals surface area contributed by atoms with E-state index in [0.29, 0.717) is 0 Å². The third kappa shape index (κ3) is 2.70. The fourth-order valence-corrected chi connectivity index (χ4v) is 2.84. The maximum absolute atomic E-state index is 2.41. The van der Waals surface area contributed by atoms with E-state index in [1.807, 2.05) is 0 Å². The molecule has 1 rings (SSSR count). The van der Waals surface area contributed by atoms with Gasteiger partial charge in [-0.3, -0.25) is 0 Å². The Morgan fingerprint density at radius 1 is 1.15 bits per heavy atom. The molecule has 0 aromatic heterocycles. The predicted octanol–water partition coefficient (Wildman–Crippen LogP) is 3.15. The first kappa shape index (κ1) is 11.0. The van der Waals surface area contributed by atoms with Crippen LogP contribution in [0.2, 0.25) is 0 Å². The van der Waals surface area contributed by atoms with Crippen LogP contribution >= 0.6 is 0 Å². The lowest BCUT2D eigenvalue weighted by atomic mass is 9.86. The van der Waals surface area contributed by atoms with Crippen LogP contribution in [-0.2, 0) is 0 Å². The fourth-order valence-electron chi connectivity index (χ4n) is 2.84. The minimum Gasteiger partial charge on any atom is -0.306 e. The SMILES string of the molecule is CCC(CC)C1CCC(N(C)C)C1. The second-order valence-corrected chi connectivity index (χ2v) is 4.77. The van der Waals surface area contributed by atoms with Gasteiger partial charge in [-0.1, -0.05) is 26.7 Å². The van der Waals surface area contributed by atoms with Gasteiger partial charge in [0.25, 0.3) is 0 Å². The molecule has 0 amide bonds. The first-order chi connectivity index (χ1) is 6.19. The van der Waals surface area contributed by atoms with Crippen molar-refractivity contribution in [1.82, 2.24) is 4.90 Å². The summed E-state index contributed by atoms with van der Waals surface area (Å²) in [6.45, 7) is 4.69. The minimum atomic E-state index is 0.866. The van der Waals surface area contributed by atoms with Gasteiger partial charge in [0.15, 0.2) is 0 Å². The smallest absolute Gasteiger partial charge is 0.00920 e. The first-order valence-corrected chi connectivity index (χ1v) is 5.85. The van der Waals surface area contributed by atoms with Crippen molar-refractivity contribution in [3.05, 3.63) is 0 Å². The molecule has 0 aromatic carbocycles. The molecule has 0 aromatic rings. The topological polar surface area (TPSA) is 3.24 Å². The molecule has 2 atom stereocenters. The Morgan fingerprint density at radius 2 is 1.77 bits per heavy atom. The van der Waals surface area contributed by atoms with Crippen LogP contribution in [0.5, 0.6) is 0 Å². The van der Waals surface area contributed by atoms with Crippen molar-refractivity contribution in [3.8, 4) is 0 Å². The van der Waals surface area contributed by atoms with Gasteiger partial charge in [0.05, 0.1) is 0 Å². The minimum absolute atomic E-state index is 0.866. The summed E-state index contributed by atoms with van der Waals surface area (Å²) in [7, 11) is 4.44. The van der Waals surface area contributed by atoms with Gasteiger partial charge in [-0.2, -0.15) is 0 Å². The number of rotatable bonds is 4. The van der Waals surface area contributed by atoms with E-state index in [1.165, 1.54) is 32.1 Å². The van der Waals surface area contributed by atoms with Gasteiger partial charge >= 0.3 is 0 Å². The first-order valence-electron chi connectivity index (χ1n) is 5.85. The average molecular weight is 183 g/mol. The van der Waals surface area contributed by atoms with Crippen molar-refractivity contribution in [2.75, 3.05) is 14.1 Å². The Kier molecular flexibility index (Phi) is 4.24. The van der Waals surface area contributed by atoms with Crippen LogP contribution in [0, 0.1) is 11.8 Å². The monoisotopic (exact) mass is 183 g/mol. The average Bonchev–Trinajstić information content (AvgIpc) is 2.56. The Bertz CT molecular complexity index is 138. The van der Waals surface area contributed by atoms with Gasteiger partial charge in [-0.05, 0) is 45.2 Å². The molecule has 0 heterocycles. The van der Waals surface area contributed by atoms with Gasteiger partial charge in [0, 0.05) is 6.04 Å². The van der Waals surface area contributed by atoms with E-state index in [2.05, 4.69) is 32.8 Å². The zero-order chi connectivity index (χ0) is 9.84. The highest BCUT2D eigenvalue weighted by Crippen LogP contribution is 2.36. The third-order valence-corrected chi connectivity index (χ3v) is 3.89. The summed E-state index contributed by atoms with van der Waals surface area (Å²) in [6, 6.07) is 0.866. The van der Waals surface area contributed by atoms with E-state index >= 15 is 0 Å². The van der Waals surface area contributed by atoms with E-state index in [4.69, 9.17) is 0 Å². The van der Waals surface area contributed by atoms with E-state index in [9.17, 15) is 0 Å². The summed E-state index contributed by atoms with van der Waals surface area (Å²) in [4.78, 5) is 2.41. The molecule has 0 aliphatic heterocycles. The second-order valence-electron chi connectivity index (χ2n) is 4.77. The van der Waals surface area contributed by atoms with Crippen molar-refractivity contribution in [2.24, 2.45) is 11.8 Å². The normalized spacial score (nSPS) is 29.1. The molecule has 13 heavy (non-hydrogen) atoms. The van der Waals surface area contributed by atoms with Crippen molar-refractivity contribution in [2.45, 2.75) is 52.0 Å². The number of hydrogen-bond acceptors (Lipinski definition) is 1. The van der Waals surface area contributed by atoms with Crippen LogP contribution in [0.4, 0.5) is 0 Å². The van der Waals surface area contributed by atoms with Gasteiger partial charge in [-0.15, -0.1) is 0 Å². The van der Waals surface area contributed by atoms with Crippen molar-refractivity contribution < 1.29 is 0 Å². The summed E-state index contributed by atoms with van der Waals surface area (Å²) < 4.78 is 0. The van der Waals surface area contributed by atoms with Crippen LogP contribution in [0.25, 0.3) is 0 Å². The molecule has 1 nitrogen and oxygen atoms in total. The Balaban J connectivity index is 2.39. The number of hydrogen-bond donors (Lipinski definition) is 0. The molecular formula is C12H25N. The summed E-state index contributed by atoms with van der Waals surface area (Å²) >= 11 is 0. The summed E-state index contributed by atoms with van der Waals surface area (Å²) in [6.07, 6.45) is 7.09. The molecule has 1 heteroatoms. The van der Waals surface area contributed by atoms with E-state index in [1.54, 1.807) is 0 Å².